The van der Waals surface area contributed by atoms with E-state index in [1.807, 2.05) is 0 Å². The van der Waals surface area contributed by atoms with Crippen molar-refractivity contribution in [3.63, 3.8) is 0 Å². The molecule has 1 nitrogen and oxygen atoms in total. The summed E-state index contributed by atoms with van der Waals surface area (Å²) in [6.45, 7) is 4.09. The first kappa shape index (κ1) is 8.79. The summed E-state index contributed by atoms with van der Waals surface area (Å²) in [5.41, 5.74) is 1.52. The molecule has 0 saturated carbocycles. The molecule has 1 heterocycles. The average Bonchev–Trinajstić information content (AvgIpc) is 2.07. The Balaban J connectivity index is 2.15. The van der Waals surface area contributed by atoms with E-state index in [9.17, 15) is 0 Å². The highest BCUT2D eigenvalue weighted by Gasteiger charge is 2.03. The predicted octanol–water partition coefficient (Wildman–Crippen LogP) is 2.91. The lowest BCUT2D eigenvalue weighted by Crippen LogP contribution is -2.07. The van der Waals surface area contributed by atoms with Gasteiger partial charge in [-0.25, -0.2) is 0 Å². The maximum atomic E-state index is 5.34. The van der Waals surface area contributed by atoms with Crippen molar-refractivity contribution in [2.75, 3.05) is 13.2 Å². The summed E-state index contributed by atoms with van der Waals surface area (Å²) < 4.78 is 5.34. The van der Waals surface area contributed by atoms with Crippen LogP contribution in [0.2, 0.25) is 0 Å². The van der Waals surface area contributed by atoms with Crippen molar-refractivity contribution in [3.8, 4) is 0 Å². The van der Waals surface area contributed by atoms with Gasteiger partial charge in [0.05, 0.1) is 6.61 Å². The monoisotopic (exact) mass is 154 g/mol. The van der Waals surface area contributed by atoms with E-state index in [4.69, 9.17) is 4.74 Å². The molecule has 11 heavy (non-hydrogen) atoms. The molecule has 1 fully saturated rings. The van der Waals surface area contributed by atoms with E-state index in [0.717, 1.165) is 13.2 Å². The van der Waals surface area contributed by atoms with Gasteiger partial charge < -0.3 is 4.74 Å². The molecule has 1 heteroatoms. The molecule has 0 aliphatic carbocycles. The normalized spacial score (nSPS) is 22.5. The van der Waals surface area contributed by atoms with E-state index in [-0.39, 0.29) is 0 Å². The Kier molecular flexibility index (Phi) is 4.29. The summed E-state index contributed by atoms with van der Waals surface area (Å²) in [6.07, 6.45) is 8.72. The summed E-state index contributed by atoms with van der Waals surface area (Å²) in [5.74, 6) is 0. The average molecular weight is 154 g/mol. The van der Waals surface area contributed by atoms with E-state index >= 15 is 0 Å². The van der Waals surface area contributed by atoms with Crippen LogP contribution < -0.4 is 0 Å². The Hall–Kier alpha value is -0.300. The molecule has 1 rings (SSSR count). The summed E-state index contributed by atoms with van der Waals surface area (Å²) in [4.78, 5) is 0. The molecule has 0 aromatic rings. The second-order valence-corrected chi connectivity index (χ2v) is 3.16. The third-order valence-corrected chi connectivity index (χ3v) is 2.06. The third kappa shape index (κ3) is 3.57. The van der Waals surface area contributed by atoms with Gasteiger partial charge in [0.1, 0.15) is 0 Å². The number of hydrogen-bond acceptors (Lipinski definition) is 1. The molecule has 0 aromatic heterocycles. The molecule has 0 bridgehead atoms. The lowest BCUT2D eigenvalue weighted by molar-refractivity contribution is 0.129. The van der Waals surface area contributed by atoms with Crippen LogP contribution in [-0.2, 0) is 4.74 Å². The molecular weight excluding hydrogens is 136 g/mol. The third-order valence-electron chi connectivity index (χ3n) is 2.06. The fraction of sp³-hybridized carbons (Fsp3) is 0.800. The van der Waals surface area contributed by atoms with Gasteiger partial charge in [0.2, 0.25) is 0 Å². The van der Waals surface area contributed by atoms with Gasteiger partial charge in [0.15, 0.2) is 0 Å². The summed E-state index contributed by atoms with van der Waals surface area (Å²) in [5, 5.41) is 0. The minimum atomic E-state index is 0.893. The number of unbranched alkanes of at least 4 members (excludes halogenated alkanes) is 2. The van der Waals surface area contributed by atoms with E-state index < -0.39 is 0 Å². The van der Waals surface area contributed by atoms with Crippen LogP contribution in [0.3, 0.4) is 0 Å². The highest BCUT2D eigenvalue weighted by atomic mass is 16.5. The van der Waals surface area contributed by atoms with Crippen molar-refractivity contribution < 1.29 is 4.74 Å². The van der Waals surface area contributed by atoms with Gasteiger partial charge >= 0.3 is 0 Å². The number of allylic oxidation sites excluding steroid dienone is 1. The van der Waals surface area contributed by atoms with Crippen LogP contribution in [0.4, 0.5) is 0 Å². The van der Waals surface area contributed by atoms with E-state index in [0.29, 0.717) is 0 Å². The molecule has 0 radical (unpaired) electrons. The van der Waals surface area contributed by atoms with Crippen LogP contribution in [0.25, 0.3) is 0 Å². The SMILES string of the molecule is CCCC/C=C1\CCCOC1. The summed E-state index contributed by atoms with van der Waals surface area (Å²) in [7, 11) is 0. The quantitative estimate of drug-likeness (QED) is 0.448. The van der Waals surface area contributed by atoms with Gasteiger partial charge in [-0.15, -0.1) is 0 Å². The molecule has 0 amide bonds. The number of ether oxygens (including phenoxy) is 1. The first-order valence-corrected chi connectivity index (χ1v) is 4.69. The Labute approximate surface area is 69.4 Å². The van der Waals surface area contributed by atoms with E-state index in [1.54, 1.807) is 0 Å². The summed E-state index contributed by atoms with van der Waals surface area (Å²) >= 11 is 0. The zero-order chi connectivity index (χ0) is 7.94. The van der Waals surface area contributed by atoms with Crippen LogP contribution in [-0.4, -0.2) is 13.2 Å². The van der Waals surface area contributed by atoms with Gasteiger partial charge in [-0.3, -0.25) is 0 Å². The van der Waals surface area contributed by atoms with Crippen LogP contribution in [0, 0.1) is 0 Å². The van der Waals surface area contributed by atoms with Crippen LogP contribution >= 0.6 is 0 Å². The van der Waals surface area contributed by atoms with E-state index in [2.05, 4.69) is 13.0 Å². The molecule has 0 atom stereocenters. The zero-order valence-electron chi connectivity index (χ0n) is 7.44. The topological polar surface area (TPSA) is 9.23 Å². The van der Waals surface area contributed by atoms with E-state index in [1.165, 1.54) is 37.7 Å². The molecular formula is C10H18O. The zero-order valence-corrected chi connectivity index (χ0v) is 7.44. The number of rotatable bonds is 3. The van der Waals surface area contributed by atoms with Gasteiger partial charge in [0, 0.05) is 6.61 Å². The highest BCUT2D eigenvalue weighted by molar-refractivity contribution is 5.03. The highest BCUT2D eigenvalue weighted by Crippen LogP contribution is 2.13. The first-order chi connectivity index (χ1) is 5.43. The lowest BCUT2D eigenvalue weighted by Gasteiger charge is -2.14. The van der Waals surface area contributed by atoms with Crippen molar-refractivity contribution in [1.29, 1.82) is 0 Å². The Morgan fingerprint density at radius 2 is 2.45 bits per heavy atom. The molecule has 0 unspecified atom stereocenters. The van der Waals surface area contributed by atoms with Gasteiger partial charge in [-0.1, -0.05) is 25.8 Å². The molecule has 1 saturated heterocycles. The second kappa shape index (κ2) is 5.36. The van der Waals surface area contributed by atoms with Crippen molar-refractivity contribution in [2.45, 2.75) is 39.0 Å². The van der Waals surface area contributed by atoms with Crippen molar-refractivity contribution in [2.24, 2.45) is 0 Å². The lowest BCUT2D eigenvalue weighted by atomic mass is 10.1. The fourth-order valence-electron chi connectivity index (χ4n) is 1.35. The Morgan fingerprint density at radius 1 is 1.55 bits per heavy atom. The van der Waals surface area contributed by atoms with Gasteiger partial charge in [-0.2, -0.15) is 0 Å². The molecule has 0 N–H and O–H groups in total. The molecule has 1 aliphatic rings. The van der Waals surface area contributed by atoms with Crippen LogP contribution in [0.15, 0.2) is 11.6 Å². The maximum absolute atomic E-state index is 5.34. The largest absolute Gasteiger partial charge is 0.377 e. The number of hydrogen-bond donors (Lipinski definition) is 0. The standard InChI is InChI=1S/C10H18O/c1-2-3-4-6-10-7-5-8-11-9-10/h6H,2-5,7-9H2,1H3/b10-6+. The summed E-state index contributed by atoms with van der Waals surface area (Å²) in [6, 6.07) is 0. The van der Waals surface area contributed by atoms with Crippen LogP contribution in [0.1, 0.15) is 39.0 Å². The Bertz CT molecular complexity index is 119. The molecule has 64 valence electrons. The minimum Gasteiger partial charge on any atom is -0.377 e. The van der Waals surface area contributed by atoms with Gasteiger partial charge in [-0.05, 0) is 24.8 Å². The second-order valence-electron chi connectivity index (χ2n) is 3.16. The van der Waals surface area contributed by atoms with Crippen molar-refractivity contribution >= 4 is 0 Å². The van der Waals surface area contributed by atoms with Crippen LogP contribution in [0.5, 0.6) is 0 Å². The maximum Gasteiger partial charge on any atom is 0.0676 e. The molecule has 1 aliphatic heterocycles. The smallest absolute Gasteiger partial charge is 0.0676 e. The Morgan fingerprint density at radius 3 is 3.09 bits per heavy atom. The van der Waals surface area contributed by atoms with Crippen molar-refractivity contribution in [1.82, 2.24) is 0 Å². The van der Waals surface area contributed by atoms with Crippen molar-refractivity contribution in [3.05, 3.63) is 11.6 Å². The first-order valence-electron chi connectivity index (χ1n) is 4.69. The minimum absolute atomic E-state index is 0.893. The van der Waals surface area contributed by atoms with Gasteiger partial charge in [0.25, 0.3) is 0 Å². The fourth-order valence-corrected chi connectivity index (χ4v) is 1.35. The molecule has 0 spiro atoms. The molecule has 0 aromatic carbocycles. The predicted molar refractivity (Wildman–Crippen MR) is 47.7 cm³/mol.